The number of nitrogens with two attached hydrogens (primary N) is 1. The number of benzene rings is 1. The Bertz CT molecular complexity index is 1220. The summed E-state index contributed by atoms with van der Waals surface area (Å²) in [6.45, 7) is 4.23. The van der Waals surface area contributed by atoms with Gasteiger partial charge in [0.15, 0.2) is 5.82 Å². The molecule has 0 bridgehead atoms. The maximum Gasteiger partial charge on any atom is 0.221 e. The van der Waals surface area contributed by atoms with Gasteiger partial charge >= 0.3 is 0 Å². The molecule has 164 valence electrons. The van der Waals surface area contributed by atoms with Gasteiger partial charge < -0.3 is 11.1 Å². The lowest BCUT2D eigenvalue weighted by Crippen LogP contribution is -2.06. The molecule has 3 aromatic rings. The summed E-state index contributed by atoms with van der Waals surface area (Å²) in [6.07, 6.45) is 3.29. The first-order valence-corrected chi connectivity index (χ1v) is 9.59. The fraction of sp³-hybridized carbons (Fsp3) is 0.0952. The molecule has 3 N–H and O–H groups in total. The number of hydrogen-bond donors (Lipinski definition) is 2. The summed E-state index contributed by atoms with van der Waals surface area (Å²) in [5.41, 5.74) is 8.63. The van der Waals surface area contributed by atoms with E-state index >= 15 is 0 Å². The van der Waals surface area contributed by atoms with Crippen molar-refractivity contribution in [1.82, 2.24) is 25.2 Å². The molecule has 0 fully saturated rings. The van der Waals surface area contributed by atoms with E-state index in [0.717, 1.165) is 23.3 Å². The molecule has 0 aliphatic rings. The van der Waals surface area contributed by atoms with Crippen LogP contribution in [0.1, 0.15) is 6.92 Å². The minimum atomic E-state index is -0.856. The van der Waals surface area contributed by atoms with Crippen LogP contribution < -0.4 is 11.1 Å². The van der Waals surface area contributed by atoms with E-state index in [2.05, 4.69) is 32.4 Å². The van der Waals surface area contributed by atoms with Gasteiger partial charge in [-0.25, -0.2) is 18.4 Å². The molecule has 0 aliphatic carbocycles. The number of allylic oxidation sites excluding steroid dienone is 5. The molecule has 8 nitrogen and oxygen atoms in total. The SMILES string of the molecule is C=C(F)/C=C\C(F)=C(\Cl)Cn1nnnc1-c1cc(-c2ccc(NC(C)=O)cc2)cnc1N. The van der Waals surface area contributed by atoms with E-state index < -0.39 is 11.7 Å². The van der Waals surface area contributed by atoms with E-state index in [1.807, 2.05) is 12.1 Å². The molecule has 0 saturated carbocycles. The quantitative estimate of drug-likeness (QED) is 0.508. The first-order chi connectivity index (χ1) is 15.2. The Morgan fingerprint density at radius 1 is 1.25 bits per heavy atom. The summed E-state index contributed by atoms with van der Waals surface area (Å²) in [7, 11) is 0. The molecule has 2 heterocycles. The second kappa shape index (κ2) is 9.92. The zero-order chi connectivity index (χ0) is 23.3. The lowest BCUT2D eigenvalue weighted by atomic mass is 10.0. The van der Waals surface area contributed by atoms with Crippen molar-refractivity contribution in [3.63, 3.8) is 0 Å². The van der Waals surface area contributed by atoms with Gasteiger partial charge in [-0.2, -0.15) is 0 Å². The van der Waals surface area contributed by atoms with Crippen LogP contribution in [0.3, 0.4) is 0 Å². The van der Waals surface area contributed by atoms with Gasteiger partial charge in [-0.05, 0) is 46.3 Å². The van der Waals surface area contributed by atoms with E-state index in [1.165, 1.54) is 11.6 Å². The number of anilines is 2. The number of carbonyl (C=O) groups excluding carboxylic acids is 1. The molecule has 0 atom stereocenters. The Hall–Kier alpha value is -3.92. The number of pyridine rings is 1. The molecule has 32 heavy (non-hydrogen) atoms. The Kier molecular flexibility index (Phi) is 7.06. The maximum atomic E-state index is 14.1. The first kappa shape index (κ1) is 22.8. The number of nitrogen functional groups attached to an aromatic ring is 1. The van der Waals surface area contributed by atoms with Gasteiger partial charge in [-0.15, -0.1) is 5.10 Å². The Labute approximate surface area is 187 Å². The Morgan fingerprint density at radius 2 is 1.97 bits per heavy atom. The predicted octanol–water partition coefficient (Wildman–Crippen LogP) is 4.40. The summed E-state index contributed by atoms with van der Waals surface area (Å²) in [5, 5.41) is 13.8. The highest BCUT2D eigenvalue weighted by molar-refractivity contribution is 6.29. The van der Waals surface area contributed by atoms with Crippen LogP contribution in [0.5, 0.6) is 0 Å². The number of halogens is 3. The van der Waals surface area contributed by atoms with E-state index in [0.29, 0.717) is 11.3 Å². The van der Waals surface area contributed by atoms with Crippen LogP contribution >= 0.6 is 11.6 Å². The zero-order valence-corrected chi connectivity index (χ0v) is 17.6. The molecule has 0 radical (unpaired) electrons. The third kappa shape index (κ3) is 5.61. The zero-order valence-electron chi connectivity index (χ0n) is 16.9. The average molecular weight is 458 g/mol. The number of aromatic nitrogens is 5. The predicted molar refractivity (Wildman–Crippen MR) is 119 cm³/mol. The van der Waals surface area contributed by atoms with Gasteiger partial charge in [0.2, 0.25) is 5.91 Å². The minimum absolute atomic E-state index is 0.161. The molecule has 2 aromatic heterocycles. The molecule has 0 unspecified atom stereocenters. The first-order valence-electron chi connectivity index (χ1n) is 9.21. The third-order valence-corrected chi connectivity index (χ3v) is 4.49. The maximum absolute atomic E-state index is 14.1. The van der Waals surface area contributed by atoms with Gasteiger partial charge in [0.25, 0.3) is 0 Å². The van der Waals surface area contributed by atoms with Crippen molar-refractivity contribution in [2.45, 2.75) is 13.5 Å². The molecule has 0 spiro atoms. The minimum Gasteiger partial charge on any atom is -0.383 e. The molecule has 1 aromatic carbocycles. The van der Waals surface area contributed by atoms with Crippen LogP contribution in [-0.4, -0.2) is 31.1 Å². The Balaban J connectivity index is 1.92. The van der Waals surface area contributed by atoms with Crippen molar-refractivity contribution in [3.05, 3.63) is 71.9 Å². The lowest BCUT2D eigenvalue weighted by molar-refractivity contribution is -0.114. The van der Waals surface area contributed by atoms with Crippen LogP contribution in [0, 0.1) is 0 Å². The molecular formula is C21H18ClF2N7O. The van der Waals surface area contributed by atoms with Crippen LogP contribution in [0.4, 0.5) is 20.3 Å². The fourth-order valence-corrected chi connectivity index (χ4v) is 2.90. The highest BCUT2D eigenvalue weighted by Crippen LogP contribution is 2.29. The number of rotatable bonds is 7. The van der Waals surface area contributed by atoms with Crippen LogP contribution in [0.25, 0.3) is 22.5 Å². The second-order valence-corrected chi connectivity index (χ2v) is 7.06. The van der Waals surface area contributed by atoms with Crippen molar-refractivity contribution in [1.29, 1.82) is 0 Å². The number of tetrazole rings is 1. The molecule has 1 amide bonds. The van der Waals surface area contributed by atoms with E-state index in [-0.39, 0.29) is 29.1 Å². The van der Waals surface area contributed by atoms with Crippen molar-refractivity contribution in [2.24, 2.45) is 0 Å². The number of amides is 1. The normalized spacial score (nSPS) is 12.0. The topological polar surface area (TPSA) is 112 Å². The summed E-state index contributed by atoms with van der Waals surface area (Å²) in [5.74, 6) is -1.46. The number of nitrogens with zero attached hydrogens (tertiary/aromatic N) is 5. The van der Waals surface area contributed by atoms with Crippen LogP contribution in [0.2, 0.25) is 0 Å². The summed E-state index contributed by atoms with van der Waals surface area (Å²) >= 11 is 5.99. The van der Waals surface area contributed by atoms with E-state index in [9.17, 15) is 13.6 Å². The third-order valence-electron chi connectivity index (χ3n) is 4.19. The average Bonchev–Trinajstić information content (AvgIpc) is 3.20. The number of carbonyl (C=O) groups is 1. The fourth-order valence-electron chi connectivity index (χ4n) is 2.73. The van der Waals surface area contributed by atoms with E-state index in [1.54, 1.807) is 24.4 Å². The van der Waals surface area contributed by atoms with Gasteiger partial charge in [-0.1, -0.05) is 30.3 Å². The smallest absolute Gasteiger partial charge is 0.221 e. The Morgan fingerprint density at radius 3 is 2.62 bits per heavy atom. The summed E-state index contributed by atoms with van der Waals surface area (Å²) in [6, 6.07) is 8.86. The molecule has 0 saturated heterocycles. The lowest BCUT2D eigenvalue weighted by Gasteiger charge is -2.09. The van der Waals surface area contributed by atoms with Crippen LogP contribution in [-0.2, 0) is 11.3 Å². The standard InChI is InChI=1S/C21H18ClF2N7O/c1-12(23)3-8-19(24)18(22)11-31-21(28-29-30-31)17-9-15(10-26-20(17)25)14-4-6-16(7-5-14)27-13(2)32/h3-10H,1,11H2,2H3,(H2,25,26)(H,27,32)/b8-3-,19-18-. The van der Waals surface area contributed by atoms with Crippen molar-refractivity contribution in [3.8, 4) is 22.5 Å². The molecule has 3 rings (SSSR count). The number of nitrogens with one attached hydrogen (secondary N) is 1. The van der Waals surface area contributed by atoms with Crippen molar-refractivity contribution in [2.75, 3.05) is 11.1 Å². The van der Waals surface area contributed by atoms with Gasteiger partial charge in [0.05, 0.1) is 17.1 Å². The van der Waals surface area contributed by atoms with Gasteiger partial charge in [0.1, 0.15) is 17.5 Å². The summed E-state index contributed by atoms with van der Waals surface area (Å²) in [4.78, 5) is 15.4. The second-order valence-electron chi connectivity index (χ2n) is 6.61. The number of hydrogen-bond acceptors (Lipinski definition) is 6. The van der Waals surface area contributed by atoms with Crippen LogP contribution in [0.15, 0.2) is 71.9 Å². The molecule has 0 aliphatic heterocycles. The molecule has 11 heteroatoms. The molecular weight excluding hydrogens is 440 g/mol. The van der Waals surface area contributed by atoms with Crippen molar-refractivity contribution >= 4 is 29.0 Å². The van der Waals surface area contributed by atoms with Gasteiger partial charge in [0, 0.05) is 24.4 Å². The highest BCUT2D eigenvalue weighted by atomic mass is 35.5. The largest absolute Gasteiger partial charge is 0.383 e. The van der Waals surface area contributed by atoms with Gasteiger partial charge in [-0.3, -0.25) is 4.79 Å². The van der Waals surface area contributed by atoms with E-state index in [4.69, 9.17) is 17.3 Å². The van der Waals surface area contributed by atoms with Crippen molar-refractivity contribution < 1.29 is 13.6 Å². The summed E-state index contributed by atoms with van der Waals surface area (Å²) < 4.78 is 28.0. The monoisotopic (exact) mass is 457 g/mol. The highest BCUT2D eigenvalue weighted by Gasteiger charge is 2.16.